The molecule has 6 heteroatoms. The van der Waals surface area contributed by atoms with Gasteiger partial charge in [-0.1, -0.05) is 18.2 Å². The molecule has 0 aliphatic heterocycles. The van der Waals surface area contributed by atoms with Gasteiger partial charge < -0.3 is 13.6 Å². The van der Waals surface area contributed by atoms with Gasteiger partial charge >= 0.3 is 11.6 Å². The zero-order valence-electron chi connectivity index (χ0n) is 15.9. The van der Waals surface area contributed by atoms with Crippen molar-refractivity contribution in [1.82, 2.24) is 4.98 Å². The number of carbonyl (C=O) groups excluding carboxylic acids is 1. The topological polar surface area (TPSA) is 82.5 Å². The van der Waals surface area contributed by atoms with Crippen LogP contribution in [-0.2, 0) is 0 Å². The summed E-state index contributed by atoms with van der Waals surface area (Å²) in [6.45, 7) is 1.78. The number of para-hydroxylation sites is 1. The van der Waals surface area contributed by atoms with Crippen LogP contribution in [0.25, 0.3) is 33.3 Å². The highest BCUT2D eigenvalue weighted by atomic mass is 16.5. The molecule has 3 heterocycles. The van der Waals surface area contributed by atoms with Crippen LogP contribution in [0.3, 0.4) is 0 Å². The Morgan fingerprint density at radius 2 is 1.73 bits per heavy atom. The molecule has 0 saturated heterocycles. The summed E-state index contributed by atoms with van der Waals surface area (Å²) in [7, 11) is 0. The van der Waals surface area contributed by atoms with Crippen LogP contribution in [0.15, 0.2) is 86.7 Å². The number of ether oxygens (including phenoxy) is 1. The lowest BCUT2D eigenvalue weighted by atomic mass is 10.0. The number of esters is 1. The van der Waals surface area contributed by atoms with Crippen molar-refractivity contribution in [3.8, 4) is 17.1 Å². The second-order valence-electron chi connectivity index (χ2n) is 6.87. The molecule has 0 bridgehead atoms. The van der Waals surface area contributed by atoms with Crippen molar-refractivity contribution in [1.29, 1.82) is 0 Å². The number of hydrogen-bond donors (Lipinski definition) is 0. The highest BCUT2D eigenvalue weighted by Crippen LogP contribution is 2.35. The van der Waals surface area contributed by atoms with Crippen LogP contribution >= 0.6 is 0 Å². The van der Waals surface area contributed by atoms with Crippen molar-refractivity contribution in [3.63, 3.8) is 0 Å². The first kappa shape index (κ1) is 17.9. The third-order valence-corrected chi connectivity index (χ3v) is 4.85. The third-order valence-electron chi connectivity index (χ3n) is 4.85. The molecular weight excluding hydrogens is 382 g/mol. The van der Waals surface area contributed by atoms with E-state index in [1.807, 2.05) is 30.3 Å². The molecule has 0 saturated carbocycles. The summed E-state index contributed by atoms with van der Waals surface area (Å²) in [5, 5.41) is 1.53. The maximum Gasteiger partial charge on any atom is 0.343 e. The van der Waals surface area contributed by atoms with Crippen LogP contribution in [0.2, 0.25) is 0 Å². The van der Waals surface area contributed by atoms with Gasteiger partial charge in [-0.3, -0.25) is 4.98 Å². The van der Waals surface area contributed by atoms with Crippen LogP contribution in [0.4, 0.5) is 0 Å². The van der Waals surface area contributed by atoms with E-state index in [9.17, 15) is 9.59 Å². The van der Waals surface area contributed by atoms with Crippen LogP contribution in [-0.4, -0.2) is 11.0 Å². The number of furan rings is 1. The van der Waals surface area contributed by atoms with Crippen LogP contribution < -0.4 is 10.4 Å². The first-order chi connectivity index (χ1) is 14.6. The molecule has 30 heavy (non-hydrogen) atoms. The molecule has 0 spiro atoms. The predicted octanol–water partition coefficient (Wildman–Crippen LogP) is 5.13. The molecule has 0 radical (unpaired) electrons. The van der Waals surface area contributed by atoms with Crippen molar-refractivity contribution >= 4 is 27.9 Å². The number of hydrogen-bond acceptors (Lipinski definition) is 6. The van der Waals surface area contributed by atoms with Gasteiger partial charge in [0.15, 0.2) is 0 Å². The molecule has 0 unspecified atom stereocenters. The lowest BCUT2D eigenvalue weighted by molar-refractivity contribution is 0.0733. The molecule has 3 aromatic heterocycles. The Morgan fingerprint density at radius 1 is 0.933 bits per heavy atom. The minimum Gasteiger partial charge on any atom is -0.456 e. The third kappa shape index (κ3) is 3.14. The highest BCUT2D eigenvalue weighted by Gasteiger charge is 2.17. The van der Waals surface area contributed by atoms with Gasteiger partial charge in [0.1, 0.15) is 22.7 Å². The quantitative estimate of drug-likeness (QED) is 0.238. The van der Waals surface area contributed by atoms with Gasteiger partial charge in [0, 0.05) is 34.8 Å². The van der Waals surface area contributed by atoms with E-state index < -0.39 is 11.6 Å². The molecule has 5 rings (SSSR count). The average molecular weight is 397 g/mol. The fourth-order valence-corrected chi connectivity index (χ4v) is 3.37. The molecule has 6 nitrogen and oxygen atoms in total. The number of nitrogens with zero attached hydrogens (tertiary/aromatic N) is 1. The summed E-state index contributed by atoms with van der Waals surface area (Å²) in [5.41, 5.74) is 2.23. The van der Waals surface area contributed by atoms with E-state index in [1.54, 1.807) is 31.2 Å². The molecule has 2 aromatic carbocycles. The van der Waals surface area contributed by atoms with Gasteiger partial charge in [-0.25, -0.2) is 9.59 Å². The molecular formula is C24H15NO5. The average Bonchev–Trinajstić information content (AvgIpc) is 3.18. The van der Waals surface area contributed by atoms with Gasteiger partial charge in [0.25, 0.3) is 0 Å². The minimum atomic E-state index is -0.498. The molecule has 5 aromatic rings. The van der Waals surface area contributed by atoms with Crippen molar-refractivity contribution in [2.45, 2.75) is 6.92 Å². The van der Waals surface area contributed by atoms with Gasteiger partial charge in [0.2, 0.25) is 0 Å². The molecule has 0 aliphatic rings. The molecule has 146 valence electrons. The van der Waals surface area contributed by atoms with E-state index in [2.05, 4.69) is 4.98 Å². The first-order valence-corrected chi connectivity index (χ1v) is 9.28. The molecule has 0 N–H and O–H groups in total. The van der Waals surface area contributed by atoms with E-state index in [0.29, 0.717) is 44.8 Å². The summed E-state index contributed by atoms with van der Waals surface area (Å²) in [6, 6.07) is 17.4. The predicted molar refractivity (Wildman–Crippen MR) is 112 cm³/mol. The van der Waals surface area contributed by atoms with E-state index >= 15 is 0 Å². The first-order valence-electron chi connectivity index (χ1n) is 9.28. The maximum absolute atomic E-state index is 12.5. The zero-order chi connectivity index (χ0) is 20.7. The van der Waals surface area contributed by atoms with Crippen LogP contribution in [0.1, 0.15) is 15.9 Å². The fourth-order valence-electron chi connectivity index (χ4n) is 3.37. The summed E-state index contributed by atoms with van der Waals surface area (Å²) >= 11 is 0. The Balaban J connectivity index is 1.65. The Labute approximate surface area is 170 Å². The molecule has 0 aliphatic carbocycles. The second-order valence-corrected chi connectivity index (χ2v) is 6.87. The van der Waals surface area contributed by atoms with Gasteiger partial charge in [-0.2, -0.15) is 0 Å². The number of benzene rings is 2. The number of fused-ring (bicyclic) bond motifs is 2. The Kier molecular flexibility index (Phi) is 4.17. The zero-order valence-corrected chi connectivity index (χ0v) is 15.9. The summed E-state index contributed by atoms with van der Waals surface area (Å²) in [4.78, 5) is 28.5. The normalized spacial score (nSPS) is 11.1. The Morgan fingerprint density at radius 3 is 2.53 bits per heavy atom. The standard InChI is InChI=1S/C24H15NO5/c1-14-10-21-17(12-20(14)30-24(27)15-6-8-25-9-7-15)18(13-23(26)29-21)22-11-16-4-2-3-5-19(16)28-22/h2-13H,1H3. The Bertz CT molecular complexity index is 1430. The summed E-state index contributed by atoms with van der Waals surface area (Å²) in [5.74, 6) is 0.405. The minimum absolute atomic E-state index is 0.371. The highest BCUT2D eigenvalue weighted by molar-refractivity contribution is 5.97. The van der Waals surface area contributed by atoms with Crippen molar-refractivity contribution < 1.29 is 18.4 Å². The fraction of sp³-hybridized carbons (Fsp3) is 0.0417. The van der Waals surface area contributed by atoms with Gasteiger partial charge in [-0.05, 0) is 48.9 Å². The number of pyridine rings is 1. The molecule has 0 fully saturated rings. The second kappa shape index (κ2) is 7.00. The van der Waals surface area contributed by atoms with E-state index in [0.717, 1.165) is 5.39 Å². The van der Waals surface area contributed by atoms with Crippen molar-refractivity contribution in [2.24, 2.45) is 0 Å². The van der Waals surface area contributed by atoms with E-state index in [4.69, 9.17) is 13.6 Å². The molecule has 0 atom stereocenters. The largest absolute Gasteiger partial charge is 0.456 e. The number of aryl methyl sites for hydroxylation is 1. The summed E-state index contributed by atoms with van der Waals surface area (Å²) in [6.07, 6.45) is 3.05. The van der Waals surface area contributed by atoms with Crippen molar-refractivity contribution in [3.05, 3.63) is 94.6 Å². The van der Waals surface area contributed by atoms with Gasteiger partial charge in [0.05, 0.1) is 5.56 Å². The number of carbonyl (C=O) groups is 1. The summed E-state index contributed by atoms with van der Waals surface area (Å²) < 4.78 is 16.9. The number of aromatic nitrogens is 1. The van der Waals surface area contributed by atoms with Gasteiger partial charge in [-0.15, -0.1) is 0 Å². The van der Waals surface area contributed by atoms with E-state index in [-0.39, 0.29) is 0 Å². The molecule has 0 amide bonds. The van der Waals surface area contributed by atoms with Crippen LogP contribution in [0.5, 0.6) is 5.75 Å². The lowest BCUT2D eigenvalue weighted by Crippen LogP contribution is -2.09. The smallest absolute Gasteiger partial charge is 0.343 e. The lowest BCUT2D eigenvalue weighted by Gasteiger charge is -2.10. The SMILES string of the molecule is Cc1cc2oc(=O)cc(-c3cc4ccccc4o3)c2cc1OC(=O)c1ccncc1. The van der Waals surface area contributed by atoms with Crippen molar-refractivity contribution in [2.75, 3.05) is 0 Å². The monoisotopic (exact) mass is 397 g/mol. The Hall–Kier alpha value is -4.19. The number of rotatable bonds is 3. The maximum atomic E-state index is 12.5. The van der Waals surface area contributed by atoms with Crippen LogP contribution in [0, 0.1) is 6.92 Å². The van der Waals surface area contributed by atoms with E-state index in [1.165, 1.54) is 18.5 Å².